The van der Waals surface area contributed by atoms with Gasteiger partial charge in [-0.2, -0.15) is 0 Å². The van der Waals surface area contributed by atoms with E-state index in [1.54, 1.807) is 27.4 Å². The number of nitrogens with one attached hydrogen (secondary N) is 1. The Hall–Kier alpha value is -2.48. The summed E-state index contributed by atoms with van der Waals surface area (Å²) in [6, 6.07) is 14.1. The fraction of sp³-hybridized carbons (Fsp3) is 0.280. The van der Waals surface area contributed by atoms with Gasteiger partial charge in [0.2, 0.25) is 0 Å². The van der Waals surface area contributed by atoms with Crippen LogP contribution in [0.25, 0.3) is 0 Å². The van der Waals surface area contributed by atoms with Crippen LogP contribution in [0.15, 0.2) is 53.0 Å². The molecule has 0 aromatic heterocycles. The first-order chi connectivity index (χ1) is 15.9. The molecule has 3 rings (SSSR count). The summed E-state index contributed by atoms with van der Waals surface area (Å²) in [5.74, 6) is 2.22. The van der Waals surface area contributed by atoms with E-state index in [2.05, 4.69) is 21.2 Å². The van der Waals surface area contributed by atoms with Crippen LogP contribution in [0.2, 0.25) is 5.02 Å². The fourth-order valence-electron chi connectivity index (χ4n) is 3.31. The standard InChI is InChI=1S/C25H26BrClFNO4/c1-30-22-7-4-16(11-23(22)31-2)8-9-29-14-17-10-20(26)25(24(12-17)32-3)33-15-18-5-6-19(28)13-21(18)27/h4-7,10-13,29H,8-9,14-15H2,1-3H3. The minimum atomic E-state index is -0.384. The zero-order valence-electron chi connectivity index (χ0n) is 18.7. The molecule has 0 aliphatic rings. The van der Waals surface area contributed by atoms with Crippen LogP contribution in [0.1, 0.15) is 16.7 Å². The van der Waals surface area contributed by atoms with E-state index in [1.807, 2.05) is 30.3 Å². The zero-order chi connectivity index (χ0) is 23.8. The van der Waals surface area contributed by atoms with Gasteiger partial charge in [0.1, 0.15) is 12.4 Å². The number of hydrogen-bond acceptors (Lipinski definition) is 5. The van der Waals surface area contributed by atoms with Gasteiger partial charge in [-0.05, 0) is 76.4 Å². The predicted molar refractivity (Wildman–Crippen MR) is 131 cm³/mol. The monoisotopic (exact) mass is 537 g/mol. The Kier molecular flexibility index (Phi) is 9.23. The normalized spacial score (nSPS) is 10.7. The number of benzene rings is 3. The van der Waals surface area contributed by atoms with Crippen LogP contribution in [-0.2, 0) is 19.6 Å². The van der Waals surface area contributed by atoms with Crippen LogP contribution in [0.4, 0.5) is 4.39 Å². The van der Waals surface area contributed by atoms with E-state index in [9.17, 15) is 4.39 Å². The van der Waals surface area contributed by atoms with E-state index in [4.69, 9.17) is 30.5 Å². The largest absolute Gasteiger partial charge is 0.493 e. The van der Waals surface area contributed by atoms with Crippen molar-refractivity contribution in [3.63, 3.8) is 0 Å². The predicted octanol–water partition coefficient (Wildman–Crippen LogP) is 6.18. The highest BCUT2D eigenvalue weighted by Gasteiger charge is 2.13. The molecule has 0 atom stereocenters. The van der Waals surface area contributed by atoms with Gasteiger partial charge in [-0.25, -0.2) is 4.39 Å². The molecule has 0 aliphatic carbocycles. The van der Waals surface area contributed by atoms with Crippen molar-refractivity contribution in [2.24, 2.45) is 0 Å². The highest BCUT2D eigenvalue weighted by atomic mass is 79.9. The first-order valence-corrected chi connectivity index (χ1v) is 11.5. The molecule has 0 amide bonds. The third kappa shape index (κ3) is 6.76. The molecule has 8 heteroatoms. The molecule has 5 nitrogen and oxygen atoms in total. The molecule has 0 radical (unpaired) electrons. The lowest BCUT2D eigenvalue weighted by atomic mass is 10.1. The zero-order valence-corrected chi connectivity index (χ0v) is 21.1. The van der Waals surface area contributed by atoms with Gasteiger partial charge in [-0.1, -0.05) is 23.7 Å². The first-order valence-electron chi connectivity index (χ1n) is 10.3. The van der Waals surface area contributed by atoms with Gasteiger partial charge < -0.3 is 24.3 Å². The second-order valence-electron chi connectivity index (χ2n) is 7.25. The number of hydrogen-bond donors (Lipinski definition) is 1. The molecule has 0 bridgehead atoms. The summed E-state index contributed by atoms with van der Waals surface area (Å²) in [5.41, 5.74) is 2.88. The van der Waals surface area contributed by atoms with Crippen LogP contribution < -0.4 is 24.3 Å². The van der Waals surface area contributed by atoms with E-state index >= 15 is 0 Å². The van der Waals surface area contributed by atoms with Crippen molar-refractivity contribution in [2.75, 3.05) is 27.9 Å². The minimum absolute atomic E-state index is 0.191. The van der Waals surface area contributed by atoms with Crippen LogP contribution in [0, 0.1) is 5.82 Å². The molecule has 3 aromatic rings. The Labute approximate surface area is 206 Å². The third-order valence-electron chi connectivity index (χ3n) is 5.04. The molecule has 0 fully saturated rings. The SMILES string of the molecule is COc1ccc(CCNCc2cc(Br)c(OCc3ccc(F)cc3Cl)c(OC)c2)cc1OC. The van der Waals surface area contributed by atoms with Crippen LogP contribution in [0.3, 0.4) is 0 Å². The Bertz CT molecular complexity index is 1100. The lowest BCUT2D eigenvalue weighted by Gasteiger charge is -2.15. The molecule has 0 spiro atoms. The molecule has 1 N–H and O–H groups in total. The molecule has 33 heavy (non-hydrogen) atoms. The van der Waals surface area contributed by atoms with Crippen molar-refractivity contribution < 1.29 is 23.3 Å². The van der Waals surface area contributed by atoms with Gasteiger partial charge in [0.05, 0.1) is 30.8 Å². The van der Waals surface area contributed by atoms with Crippen LogP contribution in [0.5, 0.6) is 23.0 Å². The van der Waals surface area contributed by atoms with Gasteiger partial charge >= 0.3 is 0 Å². The van der Waals surface area contributed by atoms with Crippen molar-refractivity contribution in [1.82, 2.24) is 5.32 Å². The second-order valence-corrected chi connectivity index (χ2v) is 8.51. The summed E-state index contributed by atoms with van der Waals surface area (Å²) in [6.07, 6.45) is 0.846. The molecular weight excluding hydrogens is 513 g/mol. The highest BCUT2D eigenvalue weighted by Crippen LogP contribution is 2.37. The molecule has 0 aliphatic heterocycles. The maximum atomic E-state index is 13.3. The molecule has 0 saturated carbocycles. The van der Waals surface area contributed by atoms with E-state index in [0.717, 1.165) is 40.1 Å². The van der Waals surface area contributed by atoms with E-state index < -0.39 is 0 Å². The average molecular weight is 539 g/mol. The first kappa shape index (κ1) is 25.1. The van der Waals surface area contributed by atoms with Gasteiger partial charge in [0.15, 0.2) is 23.0 Å². The number of rotatable bonds is 11. The van der Waals surface area contributed by atoms with E-state index in [-0.39, 0.29) is 12.4 Å². The second kappa shape index (κ2) is 12.1. The Morgan fingerprint density at radius 1 is 0.879 bits per heavy atom. The molecule has 0 unspecified atom stereocenters. The average Bonchev–Trinajstić information content (AvgIpc) is 2.81. The Balaban J connectivity index is 1.59. The molecular formula is C25H26BrClFNO4. The van der Waals surface area contributed by atoms with Gasteiger partial charge in [0.25, 0.3) is 0 Å². The highest BCUT2D eigenvalue weighted by molar-refractivity contribution is 9.10. The van der Waals surface area contributed by atoms with Gasteiger partial charge in [0, 0.05) is 12.1 Å². The van der Waals surface area contributed by atoms with Crippen molar-refractivity contribution in [3.8, 4) is 23.0 Å². The van der Waals surface area contributed by atoms with E-state index in [1.165, 1.54) is 12.1 Å². The summed E-state index contributed by atoms with van der Waals surface area (Å²) in [5, 5.41) is 3.76. The topological polar surface area (TPSA) is 49.0 Å². The van der Waals surface area contributed by atoms with Crippen LogP contribution in [-0.4, -0.2) is 27.9 Å². The van der Waals surface area contributed by atoms with E-state index in [0.29, 0.717) is 28.6 Å². The molecule has 0 saturated heterocycles. The summed E-state index contributed by atoms with van der Waals surface area (Å²) in [7, 11) is 4.85. The summed E-state index contributed by atoms with van der Waals surface area (Å²) >= 11 is 9.66. The molecule has 0 heterocycles. The van der Waals surface area contributed by atoms with Gasteiger partial charge in [-0.15, -0.1) is 0 Å². The van der Waals surface area contributed by atoms with Crippen molar-refractivity contribution in [3.05, 3.63) is 80.5 Å². The minimum Gasteiger partial charge on any atom is -0.493 e. The third-order valence-corrected chi connectivity index (χ3v) is 5.98. The number of methoxy groups -OCH3 is 3. The Morgan fingerprint density at radius 2 is 1.61 bits per heavy atom. The molecule has 176 valence electrons. The lowest BCUT2D eigenvalue weighted by molar-refractivity contribution is 0.282. The number of halogens is 3. The lowest BCUT2D eigenvalue weighted by Crippen LogP contribution is -2.17. The van der Waals surface area contributed by atoms with Crippen LogP contribution >= 0.6 is 27.5 Å². The quantitative estimate of drug-likeness (QED) is 0.296. The summed E-state index contributed by atoms with van der Waals surface area (Å²) in [6.45, 7) is 1.64. The van der Waals surface area contributed by atoms with Crippen molar-refractivity contribution >= 4 is 27.5 Å². The maximum absolute atomic E-state index is 13.3. The fourth-order valence-corrected chi connectivity index (χ4v) is 4.13. The maximum Gasteiger partial charge on any atom is 0.175 e. The summed E-state index contributed by atoms with van der Waals surface area (Å²) < 4.78 is 36.1. The molecule has 3 aromatic carbocycles. The van der Waals surface area contributed by atoms with Crippen molar-refractivity contribution in [1.29, 1.82) is 0 Å². The van der Waals surface area contributed by atoms with Crippen molar-refractivity contribution in [2.45, 2.75) is 19.6 Å². The summed E-state index contributed by atoms with van der Waals surface area (Å²) in [4.78, 5) is 0. The Morgan fingerprint density at radius 3 is 2.30 bits per heavy atom. The smallest absolute Gasteiger partial charge is 0.175 e. The number of ether oxygens (including phenoxy) is 4. The van der Waals surface area contributed by atoms with Gasteiger partial charge in [-0.3, -0.25) is 0 Å².